The molecule has 0 atom stereocenters. The maximum absolute atomic E-state index is 5.46. The minimum absolute atomic E-state index is 0. The second-order valence-corrected chi connectivity index (χ2v) is 2.35. The van der Waals surface area contributed by atoms with E-state index in [1.54, 1.807) is 0 Å². The molecule has 1 heterocycles. The van der Waals surface area contributed by atoms with Crippen molar-refractivity contribution in [2.24, 2.45) is 11.7 Å². The Labute approximate surface area is 137 Å². The summed E-state index contributed by atoms with van der Waals surface area (Å²) in [5.41, 5.74) is 5.46. The molecule has 1 aliphatic heterocycles. The Bertz CT molecular complexity index is 66.8. The van der Waals surface area contributed by atoms with Crippen LogP contribution in [0.4, 0.5) is 0 Å². The Morgan fingerprint density at radius 2 is 1.80 bits per heavy atom. The van der Waals surface area contributed by atoms with Gasteiger partial charge in [0.25, 0.3) is 0 Å². The van der Waals surface area contributed by atoms with Crippen LogP contribution in [-0.4, -0.2) is 77.8 Å². The van der Waals surface area contributed by atoms with Crippen molar-refractivity contribution in [3.05, 3.63) is 5.32 Å². The van der Waals surface area contributed by atoms with Crippen LogP contribution >= 0.6 is 0 Å². The molecule has 1 saturated heterocycles. The van der Waals surface area contributed by atoms with Gasteiger partial charge < -0.3 is 11.1 Å². The number of hydrogen-bond donors (Lipinski definition) is 1. The number of rotatable bonds is 1. The SMILES string of the molecule is NCC1CC[N-]CC1.[Rb].[Y]. The van der Waals surface area contributed by atoms with Gasteiger partial charge in [-0.3, -0.25) is 0 Å². The molecule has 0 aromatic rings. The molecule has 0 unspecified atom stereocenters. The van der Waals surface area contributed by atoms with Gasteiger partial charge in [0.15, 0.2) is 0 Å². The van der Waals surface area contributed by atoms with Crippen molar-refractivity contribution in [1.29, 1.82) is 0 Å². The molecule has 2 radical (unpaired) electrons. The summed E-state index contributed by atoms with van der Waals surface area (Å²) < 4.78 is 0. The van der Waals surface area contributed by atoms with E-state index in [-0.39, 0.29) is 90.9 Å². The number of nitrogens with zero attached hydrogens (tertiary/aromatic N) is 1. The number of piperidine rings is 1. The molecule has 2 nitrogen and oxygen atoms in total. The smallest absolute Gasteiger partial charge is 0 e. The fourth-order valence-corrected chi connectivity index (χ4v) is 1.04. The van der Waals surface area contributed by atoms with E-state index < -0.39 is 0 Å². The fraction of sp³-hybridized carbons (Fsp3) is 1.00. The van der Waals surface area contributed by atoms with E-state index in [4.69, 9.17) is 5.73 Å². The van der Waals surface area contributed by atoms with E-state index in [0.29, 0.717) is 0 Å². The van der Waals surface area contributed by atoms with Gasteiger partial charge in [0, 0.05) is 90.9 Å². The zero-order valence-corrected chi connectivity index (χ0v) is 14.5. The maximum Gasteiger partial charge on any atom is 0 e. The van der Waals surface area contributed by atoms with Crippen molar-refractivity contribution in [1.82, 2.24) is 0 Å². The summed E-state index contributed by atoms with van der Waals surface area (Å²) in [4.78, 5) is 0. The van der Waals surface area contributed by atoms with Crippen molar-refractivity contribution in [3.63, 3.8) is 0 Å². The molecular weight excluding hydrogens is 274 g/mol. The number of hydrogen-bond acceptors (Lipinski definition) is 1. The molecule has 4 heteroatoms. The first kappa shape index (κ1) is 15.3. The van der Waals surface area contributed by atoms with E-state index in [9.17, 15) is 0 Å². The van der Waals surface area contributed by atoms with Crippen molar-refractivity contribution >= 4 is 58.2 Å². The zero-order chi connectivity index (χ0) is 5.82. The van der Waals surface area contributed by atoms with Gasteiger partial charge in [-0.05, 0) is 12.5 Å². The normalized spacial score (nSPS) is 18.9. The minimum Gasteiger partial charge on any atom is -0.662 e. The number of nitrogens with two attached hydrogens (primary N) is 1. The second kappa shape index (κ2) is 9.91. The van der Waals surface area contributed by atoms with Gasteiger partial charge in [-0.1, -0.05) is 12.8 Å². The molecule has 1 fully saturated rings. The Kier molecular flexibility index (Phi) is 15.2. The van der Waals surface area contributed by atoms with Crippen LogP contribution in [0.15, 0.2) is 0 Å². The maximum atomic E-state index is 5.46. The zero-order valence-electron chi connectivity index (χ0n) is 6.71. The third kappa shape index (κ3) is 6.36. The Morgan fingerprint density at radius 3 is 2.10 bits per heavy atom. The quantitative estimate of drug-likeness (QED) is 0.742. The standard InChI is InChI=1S/C6H13N2.Rb.Y/c7-5-6-1-3-8-4-2-6;;/h6H,1-5,7H2;;/q-1;;. The first-order valence-corrected chi connectivity index (χ1v) is 3.27. The third-order valence-electron chi connectivity index (χ3n) is 1.72. The van der Waals surface area contributed by atoms with Gasteiger partial charge in [-0.15, -0.1) is 13.1 Å². The molecule has 0 spiro atoms. The summed E-state index contributed by atoms with van der Waals surface area (Å²) in [6, 6.07) is 0. The summed E-state index contributed by atoms with van der Waals surface area (Å²) >= 11 is 0. The Hall–Kier alpha value is 2.83. The van der Waals surface area contributed by atoms with Crippen molar-refractivity contribution in [2.75, 3.05) is 19.6 Å². The van der Waals surface area contributed by atoms with Gasteiger partial charge in [0.2, 0.25) is 0 Å². The predicted molar refractivity (Wildman–Crippen MR) is 40.6 cm³/mol. The van der Waals surface area contributed by atoms with Crippen LogP contribution in [0.5, 0.6) is 0 Å². The van der Waals surface area contributed by atoms with Crippen molar-refractivity contribution in [2.45, 2.75) is 12.8 Å². The second-order valence-electron chi connectivity index (χ2n) is 2.35. The molecule has 10 heavy (non-hydrogen) atoms. The van der Waals surface area contributed by atoms with Crippen LogP contribution < -0.4 is 5.73 Å². The van der Waals surface area contributed by atoms with Crippen LogP contribution in [0.25, 0.3) is 5.32 Å². The molecule has 0 bridgehead atoms. The molecular formula is C6H13N2RbY-. The monoisotopic (exact) mass is 287 g/mol. The fourth-order valence-electron chi connectivity index (χ4n) is 1.04. The summed E-state index contributed by atoms with van der Waals surface area (Å²) in [6.07, 6.45) is 2.44. The minimum atomic E-state index is 0. The molecule has 0 aliphatic carbocycles. The molecule has 0 amide bonds. The van der Waals surface area contributed by atoms with E-state index in [0.717, 1.165) is 25.6 Å². The average Bonchev–Trinajstić information content (AvgIpc) is 1.90. The van der Waals surface area contributed by atoms with Crippen LogP contribution in [0, 0.1) is 5.92 Å². The summed E-state index contributed by atoms with van der Waals surface area (Å²) in [5.74, 6) is 0.771. The molecule has 0 aromatic heterocycles. The summed E-state index contributed by atoms with van der Waals surface area (Å²) in [6.45, 7) is 2.94. The molecule has 1 aliphatic rings. The Balaban J connectivity index is 0. The third-order valence-corrected chi connectivity index (χ3v) is 1.72. The molecule has 0 aromatic carbocycles. The van der Waals surface area contributed by atoms with Crippen molar-refractivity contribution in [3.8, 4) is 0 Å². The first-order chi connectivity index (χ1) is 3.93. The Morgan fingerprint density at radius 1 is 1.30 bits per heavy atom. The topological polar surface area (TPSA) is 40.1 Å². The molecule has 52 valence electrons. The molecule has 2 N–H and O–H groups in total. The van der Waals surface area contributed by atoms with E-state index >= 15 is 0 Å². The average molecular weight is 288 g/mol. The van der Waals surface area contributed by atoms with E-state index in [2.05, 4.69) is 5.32 Å². The summed E-state index contributed by atoms with van der Waals surface area (Å²) in [5, 5.41) is 4.22. The van der Waals surface area contributed by atoms with Gasteiger partial charge in [0.1, 0.15) is 0 Å². The molecule has 1 rings (SSSR count). The van der Waals surface area contributed by atoms with Crippen LogP contribution in [0.3, 0.4) is 0 Å². The predicted octanol–water partition coefficient (Wildman–Crippen LogP) is 0.345. The molecule has 0 saturated carbocycles. The van der Waals surface area contributed by atoms with Crippen LogP contribution in [0.1, 0.15) is 12.8 Å². The van der Waals surface area contributed by atoms with Crippen LogP contribution in [0.2, 0.25) is 0 Å². The summed E-state index contributed by atoms with van der Waals surface area (Å²) in [7, 11) is 0. The van der Waals surface area contributed by atoms with Crippen molar-refractivity contribution < 1.29 is 32.7 Å². The van der Waals surface area contributed by atoms with Gasteiger partial charge in [0.05, 0.1) is 0 Å². The van der Waals surface area contributed by atoms with Gasteiger partial charge in [-0.25, -0.2) is 0 Å². The van der Waals surface area contributed by atoms with E-state index in [1.807, 2.05) is 0 Å². The van der Waals surface area contributed by atoms with Crippen LogP contribution in [-0.2, 0) is 32.7 Å². The largest absolute Gasteiger partial charge is 0.662 e. The van der Waals surface area contributed by atoms with Gasteiger partial charge >= 0.3 is 0 Å². The first-order valence-electron chi connectivity index (χ1n) is 3.27. The van der Waals surface area contributed by atoms with E-state index in [1.165, 1.54) is 12.8 Å². The van der Waals surface area contributed by atoms with Gasteiger partial charge in [-0.2, -0.15) is 0 Å².